The van der Waals surface area contributed by atoms with Gasteiger partial charge in [0, 0.05) is 12.8 Å². The Bertz CT molecular complexity index is 995. The number of hydrogen-bond donors (Lipinski definition) is 1. The second kappa shape index (κ2) is 39.3. The highest BCUT2D eigenvalue weighted by Crippen LogP contribution is 2.10. The maximum atomic E-state index is 12.1. The second-order valence-corrected chi connectivity index (χ2v) is 12.3. The lowest BCUT2D eigenvalue weighted by Crippen LogP contribution is -2.28. The van der Waals surface area contributed by atoms with Gasteiger partial charge in [0.05, 0.1) is 6.61 Å². The number of unbranched alkanes of at least 4 members (excludes halogenated alkanes) is 9. The Hall–Kier alpha value is -3.18. The van der Waals surface area contributed by atoms with E-state index in [2.05, 4.69) is 111 Å². The van der Waals surface area contributed by atoms with Crippen molar-refractivity contribution in [3.8, 4) is 0 Å². The molecule has 276 valence electrons. The van der Waals surface area contributed by atoms with Crippen molar-refractivity contribution in [3.63, 3.8) is 0 Å². The Labute approximate surface area is 300 Å². The topological polar surface area (TPSA) is 72.8 Å². The van der Waals surface area contributed by atoms with E-state index in [-0.39, 0.29) is 31.6 Å². The standard InChI is InChI=1S/C44H70O5/c1-3-5-7-9-11-13-15-17-18-19-20-21-22-23-24-25-26-27-29-31-33-35-37-39-44(47)49-42(40-45)41-48-43(46)38-36-34-32-30-28-16-14-12-10-8-6-4-2/h5,7,11-14,17-18,20-21,23-24,26-27,31,33,42,45H,3-4,6,8-10,15-16,19,22,25,28-30,32,34-41H2,1-2H3/b7-5-,13-11-,14-12-,18-17-,21-20-,24-23-,27-26-,33-31-. The fourth-order valence-electron chi connectivity index (χ4n) is 4.71. The summed E-state index contributed by atoms with van der Waals surface area (Å²) in [5.41, 5.74) is 0. The lowest BCUT2D eigenvalue weighted by Gasteiger charge is -2.15. The first-order valence-electron chi connectivity index (χ1n) is 19.3. The molecule has 5 nitrogen and oxygen atoms in total. The van der Waals surface area contributed by atoms with E-state index in [1.54, 1.807) is 0 Å². The average molecular weight is 679 g/mol. The molecule has 1 unspecified atom stereocenters. The van der Waals surface area contributed by atoms with Crippen LogP contribution in [0.25, 0.3) is 0 Å². The van der Waals surface area contributed by atoms with Gasteiger partial charge in [0.25, 0.3) is 0 Å². The van der Waals surface area contributed by atoms with Crippen LogP contribution in [0, 0.1) is 0 Å². The molecule has 0 heterocycles. The molecular weight excluding hydrogens is 608 g/mol. The highest BCUT2D eigenvalue weighted by Gasteiger charge is 2.15. The number of carbonyl (C=O) groups excluding carboxylic acids is 2. The molecule has 0 rings (SSSR count). The van der Waals surface area contributed by atoms with Gasteiger partial charge >= 0.3 is 11.9 Å². The molecule has 1 atom stereocenters. The van der Waals surface area contributed by atoms with Crippen LogP contribution >= 0.6 is 0 Å². The molecule has 0 fully saturated rings. The van der Waals surface area contributed by atoms with E-state index in [9.17, 15) is 14.7 Å². The van der Waals surface area contributed by atoms with Gasteiger partial charge < -0.3 is 14.6 Å². The normalized spacial score (nSPS) is 13.3. The summed E-state index contributed by atoms with van der Waals surface area (Å²) in [6.07, 6.45) is 54.7. The van der Waals surface area contributed by atoms with Gasteiger partial charge in [-0.05, 0) is 89.9 Å². The fourth-order valence-corrected chi connectivity index (χ4v) is 4.71. The monoisotopic (exact) mass is 679 g/mol. The fraction of sp³-hybridized carbons (Fsp3) is 0.591. The van der Waals surface area contributed by atoms with Crippen LogP contribution in [0.3, 0.4) is 0 Å². The average Bonchev–Trinajstić information content (AvgIpc) is 3.10. The van der Waals surface area contributed by atoms with Crippen molar-refractivity contribution >= 4 is 11.9 Å². The number of ether oxygens (including phenoxy) is 2. The molecule has 0 saturated carbocycles. The molecule has 0 aromatic rings. The molecule has 0 spiro atoms. The molecule has 0 saturated heterocycles. The molecule has 0 aliphatic heterocycles. The highest BCUT2D eigenvalue weighted by molar-refractivity contribution is 5.70. The molecule has 0 aromatic heterocycles. The third-order valence-corrected chi connectivity index (χ3v) is 7.61. The van der Waals surface area contributed by atoms with Crippen LogP contribution in [0.1, 0.15) is 149 Å². The molecule has 0 aromatic carbocycles. The molecule has 0 aliphatic rings. The molecule has 5 heteroatoms. The van der Waals surface area contributed by atoms with Crippen LogP contribution in [0.15, 0.2) is 97.2 Å². The summed E-state index contributed by atoms with van der Waals surface area (Å²) in [6, 6.07) is 0. The second-order valence-electron chi connectivity index (χ2n) is 12.3. The first-order chi connectivity index (χ1) is 24.1. The number of rotatable bonds is 33. The number of hydrogen-bond acceptors (Lipinski definition) is 5. The summed E-state index contributed by atoms with van der Waals surface area (Å²) < 4.78 is 10.5. The van der Waals surface area contributed by atoms with Crippen molar-refractivity contribution in [1.82, 2.24) is 0 Å². The number of allylic oxidation sites excluding steroid dienone is 16. The van der Waals surface area contributed by atoms with Gasteiger partial charge in [-0.25, -0.2) is 0 Å². The van der Waals surface area contributed by atoms with E-state index in [1.165, 1.54) is 38.5 Å². The van der Waals surface area contributed by atoms with Gasteiger partial charge in [0.2, 0.25) is 0 Å². The summed E-state index contributed by atoms with van der Waals surface area (Å²) in [5.74, 6) is -0.683. The summed E-state index contributed by atoms with van der Waals surface area (Å²) in [4.78, 5) is 24.2. The number of aliphatic hydroxyl groups is 1. The highest BCUT2D eigenvalue weighted by atomic mass is 16.6. The Kier molecular flexibility index (Phi) is 36.7. The van der Waals surface area contributed by atoms with Crippen LogP contribution in [0.2, 0.25) is 0 Å². The quantitative estimate of drug-likeness (QED) is 0.0425. The Balaban J connectivity index is 3.75. The Morgan fingerprint density at radius 1 is 0.490 bits per heavy atom. The van der Waals surface area contributed by atoms with E-state index < -0.39 is 6.10 Å². The van der Waals surface area contributed by atoms with E-state index in [4.69, 9.17) is 9.47 Å². The SMILES string of the molecule is CC/C=C\C/C=C\C/C=C\C/C=C\C/C=C\C/C=C\C/C=C\CCCC(=O)OC(CO)COC(=O)CCCCCCC/C=C\CCCCC. The van der Waals surface area contributed by atoms with Gasteiger partial charge in [0.1, 0.15) is 6.61 Å². The Morgan fingerprint density at radius 2 is 0.898 bits per heavy atom. The van der Waals surface area contributed by atoms with E-state index >= 15 is 0 Å². The van der Waals surface area contributed by atoms with Crippen LogP contribution < -0.4 is 0 Å². The third kappa shape index (κ3) is 37.5. The molecule has 0 radical (unpaired) electrons. The van der Waals surface area contributed by atoms with Crippen LogP contribution in [-0.4, -0.2) is 36.4 Å². The molecule has 49 heavy (non-hydrogen) atoms. The molecular formula is C44H70O5. The van der Waals surface area contributed by atoms with Crippen LogP contribution in [0.4, 0.5) is 0 Å². The first-order valence-corrected chi connectivity index (χ1v) is 19.3. The molecule has 0 bridgehead atoms. The lowest BCUT2D eigenvalue weighted by atomic mass is 10.1. The van der Waals surface area contributed by atoms with Gasteiger partial charge in [-0.1, -0.05) is 143 Å². The smallest absolute Gasteiger partial charge is 0.306 e. The van der Waals surface area contributed by atoms with Crippen LogP contribution in [0.5, 0.6) is 0 Å². The molecule has 0 amide bonds. The minimum Gasteiger partial charge on any atom is -0.462 e. The summed E-state index contributed by atoms with van der Waals surface area (Å²) >= 11 is 0. The number of aliphatic hydroxyl groups excluding tert-OH is 1. The van der Waals surface area contributed by atoms with Crippen molar-refractivity contribution in [2.24, 2.45) is 0 Å². The predicted molar refractivity (Wildman–Crippen MR) is 209 cm³/mol. The van der Waals surface area contributed by atoms with Crippen molar-refractivity contribution < 1.29 is 24.2 Å². The first kappa shape index (κ1) is 45.8. The molecule has 0 aliphatic carbocycles. The van der Waals surface area contributed by atoms with Gasteiger partial charge in [-0.2, -0.15) is 0 Å². The van der Waals surface area contributed by atoms with E-state index in [1.807, 2.05) is 0 Å². The minimum absolute atomic E-state index is 0.0997. The van der Waals surface area contributed by atoms with E-state index in [0.717, 1.165) is 77.0 Å². The van der Waals surface area contributed by atoms with E-state index in [0.29, 0.717) is 12.8 Å². The largest absolute Gasteiger partial charge is 0.462 e. The number of carbonyl (C=O) groups is 2. The van der Waals surface area contributed by atoms with Crippen molar-refractivity contribution in [2.75, 3.05) is 13.2 Å². The van der Waals surface area contributed by atoms with Crippen molar-refractivity contribution in [1.29, 1.82) is 0 Å². The maximum Gasteiger partial charge on any atom is 0.306 e. The summed E-state index contributed by atoms with van der Waals surface area (Å²) in [7, 11) is 0. The zero-order valence-electron chi connectivity index (χ0n) is 31.2. The zero-order valence-corrected chi connectivity index (χ0v) is 31.2. The third-order valence-electron chi connectivity index (χ3n) is 7.61. The van der Waals surface area contributed by atoms with Crippen molar-refractivity contribution in [3.05, 3.63) is 97.2 Å². The lowest BCUT2D eigenvalue weighted by molar-refractivity contribution is -0.161. The van der Waals surface area contributed by atoms with Crippen LogP contribution in [-0.2, 0) is 19.1 Å². The minimum atomic E-state index is -0.810. The number of esters is 2. The van der Waals surface area contributed by atoms with Gasteiger partial charge in [0.15, 0.2) is 6.10 Å². The van der Waals surface area contributed by atoms with Crippen molar-refractivity contribution in [2.45, 2.75) is 155 Å². The Morgan fingerprint density at radius 3 is 1.41 bits per heavy atom. The zero-order chi connectivity index (χ0) is 35.7. The van der Waals surface area contributed by atoms with Gasteiger partial charge in [-0.3, -0.25) is 9.59 Å². The molecule has 1 N–H and O–H groups in total. The van der Waals surface area contributed by atoms with Gasteiger partial charge in [-0.15, -0.1) is 0 Å². The summed E-state index contributed by atoms with van der Waals surface area (Å²) in [6.45, 7) is 3.92. The summed E-state index contributed by atoms with van der Waals surface area (Å²) in [5, 5.41) is 9.53. The predicted octanol–water partition coefficient (Wildman–Crippen LogP) is 12.1. The maximum absolute atomic E-state index is 12.1.